The van der Waals surface area contributed by atoms with Gasteiger partial charge in [0.25, 0.3) is 5.91 Å². The number of nitrogens with one attached hydrogen (secondary N) is 2. The van der Waals surface area contributed by atoms with E-state index in [2.05, 4.69) is 10.6 Å². The molecular formula is C15H14Cl2N2O. The van der Waals surface area contributed by atoms with Gasteiger partial charge in [-0.3, -0.25) is 4.79 Å². The van der Waals surface area contributed by atoms with Crippen LogP contribution in [-0.4, -0.2) is 13.0 Å². The predicted molar refractivity (Wildman–Crippen MR) is 83.6 cm³/mol. The summed E-state index contributed by atoms with van der Waals surface area (Å²) in [5, 5.41) is 6.95. The Labute approximate surface area is 127 Å². The number of carbonyl (C=O) groups excluding carboxylic acids is 1. The molecule has 0 spiro atoms. The first-order chi connectivity index (χ1) is 9.60. The smallest absolute Gasteiger partial charge is 0.252 e. The van der Waals surface area contributed by atoms with Gasteiger partial charge in [0.1, 0.15) is 0 Å². The number of halogens is 2. The monoisotopic (exact) mass is 308 g/mol. The first-order valence-corrected chi connectivity index (χ1v) is 6.85. The van der Waals surface area contributed by atoms with Gasteiger partial charge in [0.05, 0.1) is 10.6 Å². The molecule has 0 aliphatic heterocycles. The molecule has 2 aromatic rings. The summed E-state index contributed by atoms with van der Waals surface area (Å²) >= 11 is 11.8. The third-order valence-corrected chi connectivity index (χ3v) is 3.43. The Morgan fingerprint density at radius 3 is 2.45 bits per heavy atom. The minimum Gasteiger partial charge on any atom is -0.381 e. The molecule has 0 saturated heterocycles. The van der Waals surface area contributed by atoms with Crippen molar-refractivity contribution < 1.29 is 4.79 Å². The summed E-state index contributed by atoms with van der Waals surface area (Å²) in [6, 6.07) is 12.9. The van der Waals surface area contributed by atoms with E-state index in [1.807, 2.05) is 30.3 Å². The average Bonchev–Trinajstić information content (AvgIpc) is 2.47. The summed E-state index contributed by atoms with van der Waals surface area (Å²) in [6.45, 7) is 0.645. The van der Waals surface area contributed by atoms with E-state index in [0.717, 1.165) is 11.3 Å². The molecule has 2 aromatic carbocycles. The molecule has 0 heterocycles. The second-order valence-electron chi connectivity index (χ2n) is 4.25. The van der Waals surface area contributed by atoms with E-state index in [1.165, 1.54) is 0 Å². The van der Waals surface area contributed by atoms with Crippen molar-refractivity contribution in [2.75, 3.05) is 12.4 Å². The van der Waals surface area contributed by atoms with Crippen molar-refractivity contribution >= 4 is 34.8 Å². The van der Waals surface area contributed by atoms with Crippen molar-refractivity contribution in [1.82, 2.24) is 5.32 Å². The molecule has 0 aromatic heterocycles. The highest BCUT2D eigenvalue weighted by Crippen LogP contribution is 2.21. The molecule has 0 fully saturated rings. The zero-order chi connectivity index (χ0) is 14.5. The SMILES string of the molecule is CNC(=O)c1cc(NCc2ccc(Cl)cc2)ccc1Cl. The summed E-state index contributed by atoms with van der Waals surface area (Å²) in [4.78, 5) is 11.7. The molecule has 104 valence electrons. The molecular weight excluding hydrogens is 295 g/mol. The van der Waals surface area contributed by atoms with Crippen LogP contribution in [0.3, 0.4) is 0 Å². The fourth-order valence-electron chi connectivity index (χ4n) is 1.75. The molecule has 0 saturated carbocycles. The summed E-state index contributed by atoms with van der Waals surface area (Å²) < 4.78 is 0. The van der Waals surface area contributed by atoms with Crippen molar-refractivity contribution in [2.24, 2.45) is 0 Å². The van der Waals surface area contributed by atoms with Gasteiger partial charge in [-0.2, -0.15) is 0 Å². The molecule has 2 rings (SSSR count). The highest BCUT2D eigenvalue weighted by Gasteiger charge is 2.09. The van der Waals surface area contributed by atoms with Crippen molar-refractivity contribution in [2.45, 2.75) is 6.54 Å². The zero-order valence-electron chi connectivity index (χ0n) is 10.9. The van der Waals surface area contributed by atoms with Gasteiger partial charge < -0.3 is 10.6 Å². The third kappa shape index (κ3) is 3.65. The molecule has 0 unspecified atom stereocenters. The van der Waals surface area contributed by atoms with E-state index in [0.29, 0.717) is 22.2 Å². The number of carbonyl (C=O) groups is 1. The summed E-state index contributed by atoms with van der Waals surface area (Å²) in [7, 11) is 1.58. The lowest BCUT2D eigenvalue weighted by atomic mass is 10.1. The van der Waals surface area contributed by atoms with Gasteiger partial charge >= 0.3 is 0 Å². The Morgan fingerprint density at radius 1 is 1.10 bits per heavy atom. The first kappa shape index (κ1) is 14.7. The van der Waals surface area contributed by atoms with Gasteiger partial charge in [0.15, 0.2) is 0 Å². The highest BCUT2D eigenvalue weighted by molar-refractivity contribution is 6.34. The molecule has 2 N–H and O–H groups in total. The lowest BCUT2D eigenvalue weighted by molar-refractivity contribution is 0.0963. The van der Waals surface area contributed by atoms with E-state index >= 15 is 0 Å². The second-order valence-corrected chi connectivity index (χ2v) is 5.10. The quantitative estimate of drug-likeness (QED) is 0.897. The van der Waals surface area contributed by atoms with Crippen LogP contribution in [0.25, 0.3) is 0 Å². The van der Waals surface area contributed by atoms with Crippen molar-refractivity contribution in [3.8, 4) is 0 Å². The molecule has 5 heteroatoms. The maximum atomic E-state index is 11.7. The van der Waals surface area contributed by atoms with E-state index in [1.54, 1.807) is 19.2 Å². The molecule has 1 amide bonds. The Morgan fingerprint density at radius 2 is 1.80 bits per heavy atom. The van der Waals surface area contributed by atoms with Crippen LogP contribution in [0.2, 0.25) is 10.0 Å². The standard InChI is InChI=1S/C15H14Cl2N2O/c1-18-15(20)13-8-12(6-7-14(13)17)19-9-10-2-4-11(16)5-3-10/h2-8,19H,9H2,1H3,(H,18,20). The van der Waals surface area contributed by atoms with Gasteiger partial charge in [-0.1, -0.05) is 35.3 Å². The van der Waals surface area contributed by atoms with Crippen LogP contribution in [0.1, 0.15) is 15.9 Å². The molecule has 0 atom stereocenters. The van der Waals surface area contributed by atoms with E-state index in [4.69, 9.17) is 23.2 Å². The number of rotatable bonds is 4. The van der Waals surface area contributed by atoms with E-state index in [9.17, 15) is 4.79 Å². The molecule has 0 bridgehead atoms. The minimum atomic E-state index is -0.204. The fraction of sp³-hybridized carbons (Fsp3) is 0.133. The second kappa shape index (κ2) is 6.64. The zero-order valence-corrected chi connectivity index (χ0v) is 12.4. The fourth-order valence-corrected chi connectivity index (χ4v) is 2.08. The largest absolute Gasteiger partial charge is 0.381 e. The normalized spacial score (nSPS) is 10.2. The number of amides is 1. The van der Waals surface area contributed by atoms with E-state index in [-0.39, 0.29) is 5.91 Å². The van der Waals surface area contributed by atoms with Crippen LogP contribution < -0.4 is 10.6 Å². The Hall–Kier alpha value is -1.71. The molecule has 20 heavy (non-hydrogen) atoms. The predicted octanol–water partition coefficient (Wildman–Crippen LogP) is 3.97. The Kier molecular flexibility index (Phi) is 4.88. The van der Waals surface area contributed by atoms with Crippen LogP contribution in [0.4, 0.5) is 5.69 Å². The Balaban J connectivity index is 2.10. The average molecular weight is 309 g/mol. The minimum absolute atomic E-state index is 0.204. The summed E-state index contributed by atoms with van der Waals surface area (Å²) in [6.07, 6.45) is 0. The summed E-state index contributed by atoms with van der Waals surface area (Å²) in [5.74, 6) is -0.204. The summed E-state index contributed by atoms with van der Waals surface area (Å²) in [5.41, 5.74) is 2.39. The van der Waals surface area contributed by atoms with Crippen molar-refractivity contribution in [3.63, 3.8) is 0 Å². The number of anilines is 1. The molecule has 3 nitrogen and oxygen atoms in total. The number of benzene rings is 2. The molecule has 0 radical (unpaired) electrons. The topological polar surface area (TPSA) is 41.1 Å². The van der Waals surface area contributed by atoms with Crippen LogP contribution in [-0.2, 0) is 6.54 Å². The van der Waals surface area contributed by atoms with Gasteiger partial charge in [0.2, 0.25) is 0 Å². The maximum Gasteiger partial charge on any atom is 0.252 e. The van der Waals surface area contributed by atoms with Gasteiger partial charge in [0, 0.05) is 24.3 Å². The van der Waals surface area contributed by atoms with Crippen LogP contribution >= 0.6 is 23.2 Å². The molecule has 0 aliphatic carbocycles. The van der Waals surface area contributed by atoms with E-state index < -0.39 is 0 Å². The third-order valence-electron chi connectivity index (χ3n) is 2.85. The van der Waals surface area contributed by atoms with Gasteiger partial charge in [-0.25, -0.2) is 0 Å². The van der Waals surface area contributed by atoms with Gasteiger partial charge in [-0.05, 0) is 35.9 Å². The van der Waals surface area contributed by atoms with Crippen LogP contribution in [0.15, 0.2) is 42.5 Å². The van der Waals surface area contributed by atoms with Crippen LogP contribution in [0.5, 0.6) is 0 Å². The Bertz CT molecular complexity index is 612. The maximum absolute atomic E-state index is 11.7. The van der Waals surface area contributed by atoms with Crippen molar-refractivity contribution in [1.29, 1.82) is 0 Å². The number of hydrogen-bond acceptors (Lipinski definition) is 2. The lowest BCUT2D eigenvalue weighted by Crippen LogP contribution is -2.18. The van der Waals surface area contributed by atoms with Crippen LogP contribution in [0, 0.1) is 0 Å². The first-order valence-electron chi connectivity index (χ1n) is 6.10. The highest BCUT2D eigenvalue weighted by atomic mass is 35.5. The van der Waals surface area contributed by atoms with Gasteiger partial charge in [-0.15, -0.1) is 0 Å². The van der Waals surface area contributed by atoms with Crippen molar-refractivity contribution in [3.05, 3.63) is 63.6 Å². The lowest BCUT2D eigenvalue weighted by Gasteiger charge is -2.09. The number of hydrogen-bond donors (Lipinski definition) is 2. The molecule has 0 aliphatic rings.